The summed E-state index contributed by atoms with van der Waals surface area (Å²) in [5.74, 6) is 0.250. The fraction of sp³-hybridized carbons (Fsp3) is 0.280. The third-order valence-corrected chi connectivity index (χ3v) is 5.98. The van der Waals surface area contributed by atoms with Crippen LogP contribution in [0, 0.1) is 0 Å². The van der Waals surface area contributed by atoms with Crippen molar-refractivity contribution in [3.63, 3.8) is 0 Å². The minimum Gasteiger partial charge on any atom is -0.494 e. The lowest BCUT2D eigenvalue weighted by Crippen LogP contribution is -2.15. The summed E-state index contributed by atoms with van der Waals surface area (Å²) in [4.78, 5) is 15.3. The Morgan fingerprint density at radius 1 is 1.18 bits per heavy atom. The van der Waals surface area contributed by atoms with Gasteiger partial charge in [0.15, 0.2) is 0 Å². The van der Waals surface area contributed by atoms with Gasteiger partial charge in [-0.1, -0.05) is 23.7 Å². The molecule has 4 rings (SSSR count). The standard InChI is InChI=1S/C25H27ClN4O3/c26-20-6-3-18(4-7-20)2-1-13-33-22-8-5-19-9-11-29(24(19)14-22)12-10-21(16-31)30-15-23(25(27)32)28-17-30/h3-9,11,14-15,17,21,31H,1-2,10,12-13,16H2,(H2,27,32)/t21-/m1/s1. The van der Waals surface area contributed by atoms with Crippen LogP contribution in [0.2, 0.25) is 5.02 Å². The first kappa shape index (κ1) is 22.9. The van der Waals surface area contributed by atoms with Gasteiger partial charge in [0.2, 0.25) is 0 Å². The lowest BCUT2D eigenvalue weighted by molar-refractivity contribution is 0.0995. The molecule has 2 aromatic heterocycles. The molecule has 0 aliphatic rings. The predicted octanol–water partition coefficient (Wildman–Crippen LogP) is 4.23. The highest BCUT2D eigenvalue weighted by atomic mass is 35.5. The van der Waals surface area contributed by atoms with Crippen molar-refractivity contribution in [1.29, 1.82) is 0 Å². The van der Waals surface area contributed by atoms with Crippen molar-refractivity contribution in [2.45, 2.75) is 31.8 Å². The van der Waals surface area contributed by atoms with E-state index in [2.05, 4.69) is 21.7 Å². The molecule has 0 spiro atoms. The van der Waals surface area contributed by atoms with Gasteiger partial charge in [-0.15, -0.1) is 0 Å². The summed E-state index contributed by atoms with van der Waals surface area (Å²) >= 11 is 5.94. The number of amides is 1. The van der Waals surface area contributed by atoms with Gasteiger partial charge < -0.3 is 24.7 Å². The van der Waals surface area contributed by atoms with Gasteiger partial charge in [-0.3, -0.25) is 4.79 Å². The van der Waals surface area contributed by atoms with Crippen molar-refractivity contribution < 1.29 is 14.6 Å². The van der Waals surface area contributed by atoms with Gasteiger partial charge in [0.25, 0.3) is 5.91 Å². The first-order valence-corrected chi connectivity index (χ1v) is 11.3. The Kier molecular flexibility index (Phi) is 7.32. The number of hydrogen-bond acceptors (Lipinski definition) is 4. The highest BCUT2D eigenvalue weighted by molar-refractivity contribution is 6.30. The number of benzene rings is 2. The van der Waals surface area contributed by atoms with E-state index in [0.717, 1.165) is 34.5 Å². The monoisotopic (exact) mass is 466 g/mol. The number of imidazole rings is 1. The zero-order chi connectivity index (χ0) is 23.2. The van der Waals surface area contributed by atoms with E-state index in [1.165, 1.54) is 11.9 Å². The topological polar surface area (TPSA) is 95.3 Å². The molecular formula is C25H27ClN4O3. The first-order valence-electron chi connectivity index (χ1n) is 10.9. The molecule has 0 saturated heterocycles. The average Bonchev–Trinajstić information content (AvgIpc) is 3.46. The van der Waals surface area contributed by atoms with Crippen molar-refractivity contribution in [2.75, 3.05) is 13.2 Å². The SMILES string of the molecule is NC(=O)c1cn([C@@H](CO)CCn2ccc3ccc(OCCCc4ccc(Cl)cc4)cc32)cn1. The Bertz CT molecular complexity index is 1220. The lowest BCUT2D eigenvalue weighted by Gasteiger charge is -2.16. The molecule has 0 fully saturated rings. The van der Waals surface area contributed by atoms with E-state index >= 15 is 0 Å². The number of hydrogen-bond donors (Lipinski definition) is 2. The highest BCUT2D eigenvalue weighted by Gasteiger charge is 2.14. The Balaban J connectivity index is 1.35. The predicted molar refractivity (Wildman–Crippen MR) is 129 cm³/mol. The van der Waals surface area contributed by atoms with Gasteiger partial charge in [-0.05, 0) is 60.5 Å². The molecule has 0 aliphatic carbocycles. The number of aryl methyl sites for hydroxylation is 2. The molecular weight excluding hydrogens is 440 g/mol. The summed E-state index contributed by atoms with van der Waals surface area (Å²) in [6.07, 6.45) is 7.66. The number of ether oxygens (including phenoxy) is 1. The van der Waals surface area contributed by atoms with E-state index in [1.807, 2.05) is 42.6 Å². The molecule has 0 unspecified atom stereocenters. The summed E-state index contributed by atoms with van der Waals surface area (Å²) < 4.78 is 9.87. The molecule has 0 aliphatic heterocycles. The van der Waals surface area contributed by atoms with Crippen LogP contribution < -0.4 is 10.5 Å². The zero-order valence-electron chi connectivity index (χ0n) is 18.2. The van der Waals surface area contributed by atoms with E-state index in [1.54, 1.807) is 10.8 Å². The van der Waals surface area contributed by atoms with Crippen molar-refractivity contribution in [2.24, 2.45) is 5.73 Å². The Morgan fingerprint density at radius 3 is 2.73 bits per heavy atom. The molecule has 0 radical (unpaired) electrons. The van der Waals surface area contributed by atoms with Crippen LogP contribution in [0.1, 0.15) is 34.9 Å². The molecule has 4 aromatic rings. The van der Waals surface area contributed by atoms with E-state index < -0.39 is 5.91 Å². The van der Waals surface area contributed by atoms with E-state index in [0.29, 0.717) is 19.6 Å². The second-order valence-corrected chi connectivity index (χ2v) is 8.44. The number of fused-ring (bicyclic) bond motifs is 1. The smallest absolute Gasteiger partial charge is 0.268 e. The van der Waals surface area contributed by atoms with E-state index in [-0.39, 0.29) is 18.3 Å². The van der Waals surface area contributed by atoms with Crippen LogP contribution in [0.4, 0.5) is 0 Å². The minimum absolute atomic E-state index is 0.0598. The molecule has 2 aromatic carbocycles. The summed E-state index contributed by atoms with van der Waals surface area (Å²) in [7, 11) is 0. The molecule has 1 atom stereocenters. The van der Waals surface area contributed by atoms with Crippen molar-refractivity contribution in [1.82, 2.24) is 14.1 Å². The molecule has 172 valence electrons. The third kappa shape index (κ3) is 5.74. The first-order chi connectivity index (χ1) is 16.0. The van der Waals surface area contributed by atoms with E-state index in [4.69, 9.17) is 22.1 Å². The summed E-state index contributed by atoms with van der Waals surface area (Å²) in [5, 5.41) is 11.7. The number of aliphatic hydroxyl groups is 1. The van der Waals surface area contributed by atoms with Gasteiger partial charge in [-0.25, -0.2) is 4.98 Å². The second kappa shape index (κ2) is 10.6. The van der Waals surface area contributed by atoms with Crippen molar-refractivity contribution in [3.05, 3.63) is 83.5 Å². The maximum Gasteiger partial charge on any atom is 0.268 e. The number of nitrogens with zero attached hydrogens (tertiary/aromatic N) is 3. The van der Waals surface area contributed by atoms with Crippen LogP contribution in [0.15, 0.2) is 67.3 Å². The molecule has 33 heavy (non-hydrogen) atoms. The number of aliphatic hydroxyl groups excluding tert-OH is 1. The minimum atomic E-state index is -0.581. The number of halogens is 1. The number of primary amides is 1. The summed E-state index contributed by atoms with van der Waals surface area (Å²) in [6, 6.07) is 15.9. The van der Waals surface area contributed by atoms with E-state index in [9.17, 15) is 9.90 Å². The number of aromatic nitrogens is 3. The zero-order valence-corrected chi connectivity index (χ0v) is 19.0. The van der Waals surface area contributed by atoms with Gasteiger partial charge >= 0.3 is 0 Å². The molecule has 0 bridgehead atoms. The van der Waals surface area contributed by atoms with Crippen LogP contribution in [-0.4, -0.2) is 38.3 Å². The van der Waals surface area contributed by atoms with Crippen molar-refractivity contribution in [3.8, 4) is 5.75 Å². The maximum absolute atomic E-state index is 11.3. The van der Waals surface area contributed by atoms with Gasteiger partial charge in [-0.2, -0.15) is 0 Å². The maximum atomic E-state index is 11.3. The Labute approximate surface area is 197 Å². The average molecular weight is 467 g/mol. The summed E-state index contributed by atoms with van der Waals surface area (Å²) in [5.41, 5.74) is 7.79. The number of carbonyl (C=O) groups excluding carboxylic acids is 1. The van der Waals surface area contributed by atoms with Gasteiger partial charge in [0.05, 0.1) is 31.1 Å². The fourth-order valence-electron chi connectivity index (χ4n) is 3.85. The third-order valence-electron chi connectivity index (χ3n) is 5.73. The fourth-order valence-corrected chi connectivity index (χ4v) is 3.98. The number of rotatable bonds is 11. The molecule has 0 saturated carbocycles. The summed E-state index contributed by atoms with van der Waals surface area (Å²) in [6.45, 7) is 1.26. The second-order valence-electron chi connectivity index (χ2n) is 8.00. The molecule has 3 N–H and O–H groups in total. The molecule has 1 amide bonds. The van der Waals surface area contributed by atoms with Crippen molar-refractivity contribution >= 4 is 28.4 Å². The molecule has 2 heterocycles. The van der Waals surface area contributed by atoms with Crippen LogP contribution in [0.5, 0.6) is 5.75 Å². The lowest BCUT2D eigenvalue weighted by atomic mass is 10.1. The quantitative estimate of drug-likeness (QED) is 0.323. The highest BCUT2D eigenvalue weighted by Crippen LogP contribution is 2.24. The van der Waals surface area contributed by atoms with Crippen LogP contribution in [0.3, 0.4) is 0 Å². The largest absolute Gasteiger partial charge is 0.494 e. The van der Waals surface area contributed by atoms with Crippen LogP contribution in [-0.2, 0) is 13.0 Å². The Morgan fingerprint density at radius 2 is 2.00 bits per heavy atom. The normalized spacial score (nSPS) is 12.2. The Hall–Kier alpha value is -3.29. The van der Waals surface area contributed by atoms with Gasteiger partial charge in [0.1, 0.15) is 11.4 Å². The number of carbonyl (C=O) groups is 1. The van der Waals surface area contributed by atoms with Crippen LogP contribution >= 0.6 is 11.6 Å². The number of nitrogens with two attached hydrogens (primary N) is 1. The van der Waals surface area contributed by atoms with Gasteiger partial charge in [0, 0.05) is 30.0 Å². The molecule has 7 nitrogen and oxygen atoms in total. The molecule has 8 heteroatoms. The van der Waals surface area contributed by atoms with Crippen LogP contribution in [0.25, 0.3) is 10.9 Å².